The Morgan fingerprint density at radius 1 is 1.33 bits per heavy atom. The summed E-state index contributed by atoms with van der Waals surface area (Å²) in [6.45, 7) is 3.96. The van der Waals surface area contributed by atoms with Crippen LogP contribution in [0.1, 0.15) is 19.8 Å². The summed E-state index contributed by atoms with van der Waals surface area (Å²) in [5, 5.41) is 0. The zero-order valence-corrected chi connectivity index (χ0v) is 7.19. The van der Waals surface area contributed by atoms with Gasteiger partial charge in [-0.25, -0.2) is 0 Å². The van der Waals surface area contributed by atoms with Crippen molar-refractivity contribution in [1.29, 1.82) is 0 Å². The maximum atomic E-state index is 11.7. The van der Waals surface area contributed by atoms with Crippen LogP contribution in [0, 0.1) is 5.92 Å². The molecule has 12 heavy (non-hydrogen) atoms. The Labute approximate surface area is 70.5 Å². The molecule has 0 radical (unpaired) electrons. The largest absolute Gasteiger partial charge is 0.390 e. The molecule has 0 atom stereocenters. The number of halogens is 3. The quantitative estimate of drug-likeness (QED) is 0.645. The topological polar surface area (TPSA) is 3.24 Å². The standard InChI is InChI=1S/C8H14F3N/c1-2-7-5-12(6-7)4-3-8(9,10)11/h7H,2-6H2,1H3. The molecule has 4 heteroatoms. The van der Waals surface area contributed by atoms with Crippen molar-refractivity contribution in [2.75, 3.05) is 19.6 Å². The lowest BCUT2D eigenvalue weighted by Gasteiger charge is -2.38. The molecule has 0 aromatic carbocycles. The third-order valence-corrected chi connectivity index (χ3v) is 2.32. The summed E-state index contributed by atoms with van der Waals surface area (Å²) >= 11 is 0. The van der Waals surface area contributed by atoms with Gasteiger partial charge in [-0.3, -0.25) is 0 Å². The molecule has 1 heterocycles. The van der Waals surface area contributed by atoms with Gasteiger partial charge >= 0.3 is 6.18 Å². The highest BCUT2D eigenvalue weighted by molar-refractivity contribution is 4.78. The van der Waals surface area contributed by atoms with Crippen molar-refractivity contribution in [1.82, 2.24) is 4.90 Å². The van der Waals surface area contributed by atoms with Crippen LogP contribution in [0.5, 0.6) is 0 Å². The molecular weight excluding hydrogens is 167 g/mol. The van der Waals surface area contributed by atoms with Crippen molar-refractivity contribution >= 4 is 0 Å². The van der Waals surface area contributed by atoms with E-state index < -0.39 is 12.6 Å². The highest BCUT2D eigenvalue weighted by Gasteiger charge is 2.31. The van der Waals surface area contributed by atoms with E-state index in [9.17, 15) is 13.2 Å². The summed E-state index contributed by atoms with van der Waals surface area (Å²) in [6, 6.07) is 0. The first-order chi connectivity index (χ1) is 5.51. The molecule has 1 aliphatic rings. The highest BCUT2D eigenvalue weighted by Crippen LogP contribution is 2.24. The van der Waals surface area contributed by atoms with Crippen LogP contribution in [0.15, 0.2) is 0 Å². The average Bonchev–Trinajstić information content (AvgIpc) is 1.82. The van der Waals surface area contributed by atoms with E-state index in [2.05, 4.69) is 6.92 Å². The van der Waals surface area contributed by atoms with Crippen LogP contribution in [0.25, 0.3) is 0 Å². The Balaban J connectivity index is 2.04. The fourth-order valence-corrected chi connectivity index (χ4v) is 1.40. The SMILES string of the molecule is CCC1CN(CCC(F)(F)F)C1. The van der Waals surface area contributed by atoms with Gasteiger partial charge in [0.15, 0.2) is 0 Å². The van der Waals surface area contributed by atoms with Crippen LogP contribution in [0.4, 0.5) is 13.2 Å². The van der Waals surface area contributed by atoms with E-state index in [1.807, 2.05) is 4.90 Å². The zero-order chi connectivity index (χ0) is 9.19. The molecular formula is C8H14F3N. The second kappa shape index (κ2) is 3.64. The van der Waals surface area contributed by atoms with E-state index in [0.717, 1.165) is 19.5 Å². The summed E-state index contributed by atoms with van der Waals surface area (Å²) in [4.78, 5) is 1.86. The van der Waals surface area contributed by atoms with Crippen LogP contribution in [0.2, 0.25) is 0 Å². The molecule has 72 valence electrons. The summed E-state index contributed by atoms with van der Waals surface area (Å²) in [7, 11) is 0. The molecule has 1 saturated heterocycles. The van der Waals surface area contributed by atoms with Crippen LogP contribution in [-0.4, -0.2) is 30.7 Å². The molecule has 0 N–H and O–H groups in total. The Kier molecular flexibility index (Phi) is 2.99. The molecule has 0 aromatic heterocycles. The minimum Gasteiger partial charge on any atom is -0.302 e. The smallest absolute Gasteiger partial charge is 0.302 e. The molecule has 0 unspecified atom stereocenters. The van der Waals surface area contributed by atoms with E-state index in [0.29, 0.717) is 5.92 Å². The van der Waals surface area contributed by atoms with Crippen LogP contribution >= 0.6 is 0 Å². The van der Waals surface area contributed by atoms with E-state index in [-0.39, 0.29) is 6.54 Å². The number of hydrogen-bond acceptors (Lipinski definition) is 1. The molecule has 0 saturated carbocycles. The van der Waals surface area contributed by atoms with Gasteiger partial charge < -0.3 is 4.90 Å². The molecule has 1 nitrogen and oxygen atoms in total. The zero-order valence-electron chi connectivity index (χ0n) is 7.19. The lowest BCUT2D eigenvalue weighted by molar-refractivity contribution is -0.141. The third-order valence-electron chi connectivity index (χ3n) is 2.32. The molecule has 1 aliphatic heterocycles. The van der Waals surface area contributed by atoms with Gasteiger partial charge in [0.1, 0.15) is 0 Å². The number of hydrogen-bond donors (Lipinski definition) is 0. The number of alkyl halides is 3. The Morgan fingerprint density at radius 2 is 1.92 bits per heavy atom. The van der Waals surface area contributed by atoms with E-state index in [1.54, 1.807) is 0 Å². The number of nitrogens with zero attached hydrogens (tertiary/aromatic N) is 1. The first-order valence-corrected chi connectivity index (χ1v) is 4.30. The fourth-order valence-electron chi connectivity index (χ4n) is 1.40. The van der Waals surface area contributed by atoms with Gasteiger partial charge in [-0.05, 0) is 5.92 Å². The maximum Gasteiger partial charge on any atom is 0.390 e. The van der Waals surface area contributed by atoms with Gasteiger partial charge in [-0.1, -0.05) is 13.3 Å². The Morgan fingerprint density at radius 3 is 2.33 bits per heavy atom. The molecule has 0 spiro atoms. The van der Waals surface area contributed by atoms with Crippen molar-refractivity contribution < 1.29 is 13.2 Å². The number of likely N-dealkylation sites (tertiary alicyclic amines) is 1. The third kappa shape index (κ3) is 3.01. The molecule has 0 bridgehead atoms. The first-order valence-electron chi connectivity index (χ1n) is 4.30. The molecule has 1 rings (SSSR count). The van der Waals surface area contributed by atoms with Crippen molar-refractivity contribution in [2.45, 2.75) is 25.9 Å². The van der Waals surface area contributed by atoms with Gasteiger partial charge in [0, 0.05) is 19.6 Å². The van der Waals surface area contributed by atoms with Gasteiger partial charge in [0.05, 0.1) is 6.42 Å². The van der Waals surface area contributed by atoms with Crippen molar-refractivity contribution in [3.05, 3.63) is 0 Å². The molecule has 0 aromatic rings. The molecule has 0 amide bonds. The summed E-state index contributed by atoms with van der Waals surface area (Å²) in [6.07, 6.45) is -3.57. The fraction of sp³-hybridized carbons (Fsp3) is 1.00. The summed E-state index contributed by atoms with van der Waals surface area (Å²) in [5.74, 6) is 0.637. The maximum absolute atomic E-state index is 11.7. The number of rotatable bonds is 3. The Bertz CT molecular complexity index is 138. The average molecular weight is 181 g/mol. The Hall–Kier alpha value is -0.250. The van der Waals surface area contributed by atoms with Crippen molar-refractivity contribution in [3.63, 3.8) is 0 Å². The van der Waals surface area contributed by atoms with Crippen LogP contribution in [0.3, 0.4) is 0 Å². The predicted molar refractivity (Wildman–Crippen MR) is 40.9 cm³/mol. The van der Waals surface area contributed by atoms with Gasteiger partial charge in [-0.15, -0.1) is 0 Å². The molecule has 1 fully saturated rings. The van der Waals surface area contributed by atoms with Crippen molar-refractivity contribution in [3.8, 4) is 0 Å². The lowest BCUT2D eigenvalue weighted by Crippen LogP contribution is -2.47. The molecule has 0 aliphatic carbocycles. The summed E-state index contributed by atoms with van der Waals surface area (Å²) in [5.41, 5.74) is 0. The van der Waals surface area contributed by atoms with Crippen LogP contribution < -0.4 is 0 Å². The first kappa shape index (κ1) is 9.84. The second-order valence-corrected chi connectivity index (χ2v) is 3.40. The summed E-state index contributed by atoms with van der Waals surface area (Å²) < 4.78 is 35.2. The normalized spacial score (nSPS) is 21.0. The van der Waals surface area contributed by atoms with E-state index >= 15 is 0 Å². The van der Waals surface area contributed by atoms with Gasteiger partial charge in [0.25, 0.3) is 0 Å². The second-order valence-electron chi connectivity index (χ2n) is 3.40. The minimum absolute atomic E-state index is 0.181. The van der Waals surface area contributed by atoms with Gasteiger partial charge in [0.2, 0.25) is 0 Å². The minimum atomic E-state index is -3.99. The predicted octanol–water partition coefficient (Wildman–Crippen LogP) is 2.28. The lowest BCUT2D eigenvalue weighted by atomic mass is 9.97. The van der Waals surface area contributed by atoms with Gasteiger partial charge in [-0.2, -0.15) is 13.2 Å². The van der Waals surface area contributed by atoms with Crippen LogP contribution in [-0.2, 0) is 0 Å². The van der Waals surface area contributed by atoms with E-state index in [4.69, 9.17) is 0 Å². The van der Waals surface area contributed by atoms with Crippen molar-refractivity contribution in [2.24, 2.45) is 5.92 Å². The highest BCUT2D eigenvalue weighted by atomic mass is 19.4. The monoisotopic (exact) mass is 181 g/mol. The van der Waals surface area contributed by atoms with E-state index in [1.165, 1.54) is 0 Å².